The Balaban J connectivity index is 1.61. The van der Waals surface area contributed by atoms with Gasteiger partial charge in [0, 0.05) is 17.1 Å². The first-order valence-corrected chi connectivity index (χ1v) is 10.7. The molecule has 152 valence electrons. The van der Waals surface area contributed by atoms with Crippen LogP contribution in [0.15, 0.2) is 59.5 Å². The fraction of sp³-hybridized carbons (Fsp3) is 0.200. The molecule has 2 aromatic carbocycles. The van der Waals surface area contributed by atoms with E-state index in [2.05, 4.69) is 41.8 Å². The number of carbonyl (C=O) groups is 2. The molecule has 0 spiro atoms. The van der Waals surface area contributed by atoms with Gasteiger partial charge in [-0.1, -0.05) is 47.5 Å². The zero-order chi connectivity index (χ0) is 21.4. The first-order chi connectivity index (χ1) is 14.3. The molecule has 3 aromatic rings. The van der Waals surface area contributed by atoms with E-state index in [1.54, 1.807) is 0 Å². The van der Waals surface area contributed by atoms with E-state index in [0.717, 1.165) is 45.5 Å². The van der Waals surface area contributed by atoms with Gasteiger partial charge in [0.1, 0.15) is 0 Å². The van der Waals surface area contributed by atoms with Crippen molar-refractivity contribution in [2.75, 3.05) is 0 Å². The summed E-state index contributed by atoms with van der Waals surface area (Å²) in [7, 11) is 0. The van der Waals surface area contributed by atoms with Gasteiger partial charge in [-0.15, -0.1) is 0 Å². The highest BCUT2D eigenvalue weighted by molar-refractivity contribution is 8.18. The van der Waals surface area contributed by atoms with Crippen molar-refractivity contribution in [1.29, 1.82) is 0 Å². The molecular weight excluding hydrogens is 392 g/mol. The Morgan fingerprint density at radius 3 is 2.10 bits per heavy atom. The standard InChI is InChI=1S/C25H24N2O2S/c1-16-5-9-20(10-6-16)15-26-24(28)23(30-25(26)29)14-21-13-18(3)27(19(21)4)22-11-7-17(2)8-12-22/h5-14H,15H2,1-4H3/b23-14-. The third-order valence-corrected chi connectivity index (χ3v) is 6.29. The van der Waals surface area contributed by atoms with Crippen molar-refractivity contribution in [2.24, 2.45) is 0 Å². The Hall–Kier alpha value is -3.05. The normalized spacial score (nSPS) is 15.5. The van der Waals surface area contributed by atoms with Crippen LogP contribution in [0.3, 0.4) is 0 Å². The van der Waals surface area contributed by atoms with E-state index in [-0.39, 0.29) is 11.1 Å². The number of thioether (sulfide) groups is 1. The maximum absolute atomic E-state index is 12.9. The van der Waals surface area contributed by atoms with Crippen LogP contribution in [-0.4, -0.2) is 20.6 Å². The summed E-state index contributed by atoms with van der Waals surface area (Å²) in [5.41, 5.74) is 7.47. The van der Waals surface area contributed by atoms with Gasteiger partial charge in [0.15, 0.2) is 0 Å². The van der Waals surface area contributed by atoms with Crippen molar-refractivity contribution in [1.82, 2.24) is 9.47 Å². The minimum absolute atomic E-state index is 0.223. The number of carbonyl (C=O) groups excluding carboxylic acids is 2. The minimum Gasteiger partial charge on any atom is -0.318 e. The van der Waals surface area contributed by atoms with Gasteiger partial charge >= 0.3 is 0 Å². The molecule has 1 aliphatic heterocycles. The molecule has 0 N–H and O–H groups in total. The molecule has 0 unspecified atom stereocenters. The van der Waals surface area contributed by atoms with Crippen molar-refractivity contribution in [2.45, 2.75) is 34.2 Å². The molecular formula is C25H24N2O2S. The minimum atomic E-state index is -0.231. The largest absolute Gasteiger partial charge is 0.318 e. The maximum atomic E-state index is 12.9. The van der Waals surface area contributed by atoms with Crippen LogP contribution in [0.25, 0.3) is 11.8 Å². The highest BCUT2D eigenvalue weighted by Gasteiger charge is 2.35. The van der Waals surface area contributed by atoms with E-state index in [1.165, 1.54) is 10.5 Å². The van der Waals surface area contributed by atoms with Crippen LogP contribution in [0.4, 0.5) is 4.79 Å². The predicted molar refractivity (Wildman–Crippen MR) is 123 cm³/mol. The number of hydrogen-bond acceptors (Lipinski definition) is 3. The van der Waals surface area contributed by atoms with E-state index in [4.69, 9.17) is 0 Å². The lowest BCUT2D eigenvalue weighted by Gasteiger charge is -2.12. The summed E-state index contributed by atoms with van der Waals surface area (Å²) in [6.07, 6.45) is 1.84. The van der Waals surface area contributed by atoms with Gasteiger partial charge < -0.3 is 4.57 Å². The summed E-state index contributed by atoms with van der Waals surface area (Å²) in [6.45, 7) is 8.46. The Kier molecular flexibility index (Phi) is 5.39. The Bertz CT molecular complexity index is 1160. The van der Waals surface area contributed by atoms with Crippen molar-refractivity contribution < 1.29 is 9.59 Å². The molecule has 1 aromatic heterocycles. The SMILES string of the molecule is Cc1ccc(CN2C(=O)S/C(=C\c3cc(C)n(-c4ccc(C)cc4)c3C)C2=O)cc1. The van der Waals surface area contributed by atoms with Crippen LogP contribution in [0.1, 0.15) is 33.6 Å². The second-order valence-electron chi connectivity index (χ2n) is 7.75. The van der Waals surface area contributed by atoms with Gasteiger partial charge in [-0.25, -0.2) is 0 Å². The zero-order valence-corrected chi connectivity index (χ0v) is 18.4. The molecule has 1 aliphatic rings. The van der Waals surface area contributed by atoms with Gasteiger partial charge in [0.05, 0.1) is 11.4 Å². The highest BCUT2D eigenvalue weighted by Crippen LogP contribution is 2.34. The molecule has 4 nitrogen and oxygen atoms in total. The smallest absolute Gasteiger partial charge is 0.293 e. The third-order valence-electron chi connectivity index (χ3n) is 5.38. The summed E-state index contributed by atoms with van der Waals surface area (Å²) in [5, 5.41) is -0.223. The number of benzene rings is 2. The van der Waals surface area contributed by atoms with Crippen molar-refractivity contribution in [3.8, 4) is 5.69 Å². The van der Waals surface area contributed by atoms with Crippen LogP contribution in [0, 0.1) is 27.7 Å². The molecule has 30 heavy (non-hydrogen) atoms. The first-order valence-electron chi connectivity index (χ1n) is 9.90. The first kappa shape index (κ1) is 20.2. The maximum Gasteiger partial charge on any atom is 0.293 e. The van der Waals surface area contributed by atoms with Crippen LogP contribution in [0.5, 0.6) is 0 Å². The van der Waals surface area contributed by atoms with Crippen LogP contribution >= 0.6 is 11.8 Å². The second-order valence-corrected chi connectivity index (χ2v) is 8.74. The van der Waals surface area contributed by atoms with Gasteiger partial charge in [-0.05, 0) is 74.9 Å². The number of aromatic nitrogens is 1. The number of imide groups is 1. The summed E-state index contributed by atoms with van der Waals surface area (Å²) < 4.78 is 2.17. The molecule has 1 saturated heterocycles. The van der Waals surface area contributed by atoms with Crippen molar-refractivity contribution in [3.05, 3.63) is 93.1 Å². The van der Waals surface area contributed by atoms with Gasteiger partial charge in [-0.2, -0.15) is 0 Å². The van der Waals surface area contributed by atoms with E-state index >= 15 is 0 Å². The molecule has 4 rings (SSSR count). The van der Waals surface area contributed by atoms with E-state index < -0.39 is 0 Å². The van der Waals surface area contributed by atoms with Crippen molar-refractivity contribution >= 4 is 29.0 Å². The van der Waals surface area contributed by atoms with E-state index in [9.17, 15) is 9.59 Å². The molecule has 2 amide bonds. The Morgan fingerprint density at radius 1 is 0.867 bits per heavy atom. The quantitative estimate of drug-likeness (QED) is 0.494. The number of aryl methyl sites for hydroxylation is 3. The fourth-order valence-corrected chi connectivity index (χ4v) is 4.51. The molecule has 0 radical (unpaired) electrons. The average molecular weight is 417 g/mol. The van der Waals surface area contributed by atoms with E-state index in [1.807, 2.05) is 51.1 Å². The summed E-state index contributed by atoms with van der Waals surface area (Å²) >= 11 is 1.01. The number of hydrogen-bond donors (Lipinski definition) is 0. The van der Waals surface area contributed by atoms with Crippen LogP contribution in [0.2, 0.25) is 0 Å². The summed E-state index contributed by atoms with van der Waals surface area (Å²) in [4.78, 5) is 27.2. The molecule has 0 atom stereocenters. The molecule has 0 saturated carbocycles. The van der Waals surface area contributed by atoms with Crippen LogP contribution in [-0.2, 0) is 11.3 Å². The predicted octanol–water partition coefficient (Wildman–Crippen LogP) is 5.95. The number of rotatable bonds is 4. The molecule has 2 heterocycles. The number of amides is 2. The fourth-order valence-electron chi connectivity index (χ4n) is 3.68. The number of nitrogens with zero attached hydrogens (tertiary/aromatic N) is 2. The molecule has 0 bridgehead atoms. The second kappa shape index (κ2) is 8.00. The Labute approximate surface area is 181 Å². The van der Waals surface area contributed by atoms with Gasteiger partial charge in [0.25, 0.3) is 11.1 Å². The lowest BCUT2D eigenvalue weighted by molar-refractivity contribution is -0.123. The third kappa shape index (κ3) is 3.85. The zero-order valence-electron chi connectivity index (χ0n) is 17.6. The summed E-state index contributed by atoms with van der Waals surface area (Å²) in [6, 6.07) is 18.3. The summed E-state index contributed by atoms with van der Waals surface area (Å²) in [5.74, 6) is -0.231. The van der Waals surface area contributed by atoms with Crippen molar-refractivity contribution in [3.63, 3.8) is 0 Å². The van der Waals surface area contributed by atoms with E-state index in [0.29, 0.717) is 11.4 Å². The average Bonchev–Trinajstić information content (AvgIpc) is 3.14. The molecule has 5 heteroatoms. The highest BCUT2D eigenvalue weighted by atomic mass is 32.2. The molecule has 1 fully saturated rings. The van der Waals surface area contributed by atoms with Gasteiger partial charge in [0.2, 0.25) is 0 Å². The van der Waals surface area contributed by atoms with Gasteiger partial charge in [-0.3, -0.25) is 14.5 Å². The molecule has 0 aliphatic carbocycles. The Morgan fingerprint density at radius 2 is 1.47 bits per heavy atom. The topological polar surface area (TPSA) is 42.3 Å². The lowest BCUT2D eigenvalue weighted by atomic mass is 10.1. The van der Waals surface area contributed by atoms with Crippen LogP contribution < -0.4 is 0 Å². The monoisotopic (exact) mass is 416 g/mol. The lowest BCUT2D eigenvalue weighted by Crippen LogP contribution is -2.27.